The molecule has 2 rings (SSSR count). The molecule has 0 saturated heterocycles. The number of carbonyl (C=O) groups is 1. The van der Waals surface area contributed by atoms with E-state index in [1.54, 1.807) is 7.05 Å². The Labute approximate surface area is 119 Å². The first-order valence-electron chi connectivity index (χ1n) is 6.83. The molecule has 0 spiro atoms. The van der Waals surface area contributed by atoms with Gasteiger partial charge in [0.15, 0.2) is 11.5 Å². The lowest BCUT2D eigenvalue weighted by Crippen LogP contribution is -2.40. The SMILES string of the molecule is CNC(CCOc1cccc2c1OC(C)(C)C2)C(N)=O. The number of rotatable bonds is 6. The number of nitrogens with two attached hydrogens (primary N) is 1. The molecule has 1 amide bonds. The van der Waals surface area contributed by atoms with Crippen molar-refractivity contribution < 1.29 is 14.3 Å². The Hall–Kier alpha value is -1.75. The van der Waals surface area contributed by atoms with Crippen LogP contribution in [0.3, 0.4) is 0 Å². The highest BCUT2D eigenvalue weighted by atomic mass is 16.5. The van der Waals surface area contributed by atoms with Gasteiger partial charge in [-0.2, -0.15) is 0 Å². The molecule has 20 heavy (non-hydrogen) atoms. The smallest absolute Gasteiger partial charge is 0.234 e. The van der Waals surface area contributed by atoms with E-state index in [-0.39, 0.29) is 17.6 Å². The molecule has 1 unspecified atom stereocenters. The van der Waals surface area contributed by atoms with Crippen molar-refractivity contribution in [3.8, 4) is 11.5 Å². The van der Waals surface area contributed by atoms with Crippen LogP contribution in [-0.2, 0) is 11.2 Å². The maximum atomic E-state index is 11.1. The zero-order valence-corrected chi connectivity index (χ0v) is 12.2. The van der Waals surface area contributed by atoms with E-state index >= 15 is 0 Å². The van der Waals surface area contributed by atoms with Crippen molar-refractivity contribution in [3.63, 3.8) is 0 Å². The number of primary amides is 1. The minimum absolute atomic E-state index is 0.192. The number of nitrogens with one attached hydrogen (secondary N) is 1. The minimum atomic E-state index is -0.371. The van der Waals surface area contributed by atoms with Gasteiger partial charge in [-0.25, -0.2) is 0 Å². The molecular formula is C15H22N2O3. The number of para-hydroxylation sites is 1. The normalized spacial score (nSPS) is 17.1. The highest BCUT2D eigenvalue weighted by molar-refractivity contribution is 5.79. The summed E-state index contributed by atoms with van der Waals surface area (Å²) in [7, 11) is 1.71. The Kier molecular flexibility index (Phi) is 4.18. The van der Waals surface area contributed by atoms with Crippen molar-refractivity contribution in [3.05, 3.63) is 23.8 Å². The summed E-state index contributed by atoms with van der Waals surface area (Å²) in [6, 6.07) is 5.53. The topological polar surface area (TPSA) is 73.6 Å². The predicted molar refractivity (Wildman–Crippen MR) is 77.0 cm³/mol. The molecule has 0 radical (unpaired) electrons. The summed E-state index contributed by atoms with van der Waals surface area (Å²) in [5, 5.41) is 2.87. The first-order valence-corrected chi connectivity index (χ1v) is 6.83. The maximum absolute atomic E-state index is 11.1. The molecule has 1 heterocycles. The van der Waals surface area contributed by atoms with E-state index in [1.165, 1.54) is 0 Å². The first kappa shape index (κ1) is 14.7. The van der Waals surface area contributed by atoms with Crippen LogP contribution in [0.4, 0.5) is 0 Å². The van der Waals surface area contributed by atoms with Crippen molar-refractivity contribution in [1.29, 1.82) is 0 Å². The lowest BCUT2D eigenvalue weighted by atomic mass is 10.0. The maximum Gasteiger partial charge on any atom is 0.234 e. The predicted octanol–water partition coefficient (Wildman–Crippen LogP) is 1.24. The number of amides is 1. The highest BCUT2D eigenvalue weighted by Crippen LogP contribution is 2.41. The van der Waals surface area contributed by atoms with Gasteiger partial charge in [0.25, 0.3) is 0 Å². The van der Waals surface area contributed by atoms with E-state index in [0.717, 1.165) is 23.5 Å². The van der Waals surface area contributed by atoms with Crippen LogP contribution in [0.25, 0.3) is 0 Å². The van der Waals surface area contributed by atoms with Gasteiger partial charge in [-0.05, 0) is 27.0 Å². The molecule has 110 valence electrons. The number of likely N-dealkylation sites (N-methyl/N-ethyl adjacent to an activating group) is 1. The van der Waals surface area contributed by atoms with Gasteiger partial charge in [-0.3, -0.25) is 4.79 Å². The second kappa shape index (κ2) is 5.71. The second-order valence-corrected chi connectivity index (χ2v) is 5.66. The van der Waals surface area contributed by atoms with Crippen molar-refractivity contribution >= 4 is 5.91 Å². The fourth-order valence-corrected chi connectivity index (χ4v) is 2.42. The van der Waals surface area contributed by atoms with E-state index in [0.29, 0.717) is 13.0 Å². The number of carbonyl (C=O) groups excluding carboxylic acids is 1. The van der Waals surface area contributed by atoms with Gasteiger partial charge in [-0.1, -0.05) is 12.1 Å². The average molecular weight is 278 g/mol. The Bertz CT molecular complexity index is 500. The Morgan fingerprint density at radius 1 is 1.55 bits per heavy atom. The third kappa shape index (κ3) is 3.22. The Morgan fingerprint density at radius 3 is 2.95 bits per heavy atom. The average Bonchev–Trinajstić information content (AvgIpc) is 2.68. The van der Waals surface area contributed by atoms with E-state index < -0.39 is 0 Å². The second-order valence-electron chi connectivity index (χ2n) is 5.66. The number of benzene rings is 1. The molecule has 1 aromatic carbocycles. The van der Waals surface area contributed by atoms with Gasteiger partial charge in [0.1, 0.15) is 5.60 Å². The van der Waals surface area contributed by atoms with Crippen LogP contribution >= 0.6 is 0 Å². The molecular weight excluding hydrogens is 256 g/mol. The molecule has 1 aliphatic heterocycles. The molecule has 0 aromatic heterocycles. The summed E-state index contributed by atoms with van der Waals surface area (Å²) in [6.45, 7) is 4.52. The Balaban J connectivity index is 1.99. The van der Waals surface area contributed by atoms with Gasteiger partial charge in [0.05, 0.1) is 12.6 Å². The molecule has 5 heteroatoms. The first-order chi connectivity index (χ1) is 9.43. The van der Waals surface area contributed by atoms with Crippen LogP contribution in [0.2, 0.25) is 0 Å². The molecule has 0 fully saturated rings. The molecule has 0 saturated carbocycles. The van der Waals surface area contributed by atoms with Crippen LogP contribution in [0.1, 0.15) is 25.8 Å². The van der Waals surface area contributed by atoms with Crippen molar-refractivity contribution in [2.45, 2.75) is 38.3 Å². The van der Waals surface area contributed by atoms with Crippen molar-refractivity contribution in [1.82, 2.24) is 5.32 Å². The third-order valence-electron chi connectivity index (χ3n) is 3.41. The molecule has 1 aromatic rings. The van der Waals surface area contributed by atoms with Crippen molar-refractivity contribution in [2.75, 3.05) is 13.7 Å². The van der Waals surface area contributed by atoms with E-state index in [4.69, 9.17) is 15.2 Å². The van der Waals surface area contributed by atoms with Crippen LogP contribution < -0.4 is 20.5 Å². The Morgan fingerprint density at radius 2 is 2.30 bits per heavy atom. The lowest BCUT2D eigenvalue weighted by molar-refractivity contribution is -0.120. The van der Waals surface area contributed by atoms with Crippen LogP contribution in [0.5, 0.6) is 11.5 Å². The summed E-state index contributed by atoms with van der Waals surface area (Å²) >= 11 is 0. The molecule has 0 bridgehead atoms. The fourth-order valence-electron chi connectivity index (χ4n) is 2.42. The largest absolute Gasteiger partial charge is 0.490 e. The summed E-state index contributed by atoms with van der Waals surface area (Å²) in [4.78, 5) is 11.1. The summed E-state index contributed by atoms with van der Waals surface area (Å²) in [5.74, 6) is 1.18. The molecule has 1 atom stereocenters. The third-order valence-corrected chi connectivity index (χ3v) is 3.41. The van der Waals surface area contributed by atoms with Crippen molar-refractivity contribution in [2.24, 2.45) is 5.73 Å². The van der Waals surface area contributed by atoms with Gasteiger partial charge in [0.2, 0.25) is 5.91 Å². The number of hydrogen-bond acceptors (Lipinski definition) is 4. The van der Waals surface area contributed by atoms with Crippen LogP contribution in [0.15, 0.2) is 18.2 Å². The summed E-state index contributed by atoms with van der Waals surface area (Å²) in [6.07, 6.45) is 1.40. The zero-order valence-electron chi connectivity index (χ0n) is 12.2. The van der Waals surface area contributed by atoms with E-state index in [1.807, 2.05) is 12.1 Å². The standard InChI is InChI=1S/C15H22N2O3/c1-15(2)9-10-5-4-6-12(13(10)20-15)19-8-7-11(17-3)14(16)18/h4-6,11,17H,7-9H2,1-3H3,(H2,16,18). The number of hydrogen-bond donors (Lipinski definition) is 2. The summed E-state index contributed by atoms with van der Waals surface area (Å²) in [5.41, 5.74) is 6.24. The molecule has 3 N–H and O–H groups in total. The summed E-state index contributed by atoms with van der Waals surface area (Å²) < 4.78 is 11.7. The fraction of sp³-hybridized carbons (Fsp3) is 0.533. The number of fused-ring (bicyclic) bond motifs is 1. The monoisotopic (exact) mass is 278 g/mol. The zero-order chi connectivity index (χ0) is 14.8. The van der Waals surface area contributed by atoms with E-state index in [2.05, 4.69) is 25.2 Å². The van der Waals surface area contributed by atoms with Gasteiger partial charge >= 0.3 is 0 Å². The minimum Gasteiger partial charge on any atom is -0.490 e. The quantitative estimate of drug-likeness (QED) is 0.821. The number of ether oxygens (including phenoxy) is 2. The van der Waals surface area contributed by atoms with Gasteiger partial charge in [-0.15, -0.1) is 0 Å². The molecule has 5 nitrogen and oxygen atoms in total. The van der Waals surface area contributed by atoms with Crippen LogP contribution in [0, 0.1) is 0 Å². The van der Waals surface area contributed by atoms with Gasteiger partial charge < -0.3 is 20.5 Å². The molecule has 1 aliphatic rings. The van der Waals surface area contributed by atoms with Crippen LogP contribution in [-0.4, -0.2) is 31.2 Å². The van der Waals surface area contributed by atoms with Gasteiger partial charge in [0, 0.05) is 18.4 Å². The van der Waals surface area contributed by atoms with E-state index in [9.17, 15) is 4.79 Å². The lowest BCUT2D eigenvalue weighted by Gasteiger charge is -2.18. The molecule has 0 aliphatic carbocycles. The highest BCUT2D eigenvalue weighted by Gasteiger charge is 2.32.